The SMILES string of the molecule is CCCNc1cc([N+](=O)[O-])cc(Sc2ccc(Br)cc2)n1. The zero-order valence-electron chi connectivity index (χ0n) is 11.4. The summed E-state index contributed by atoms with van der Waals surface area (Å²) in [6.45, 7) is 2.76. The number of pyridine rings is 1. The Morgan fingerprint density at radius 2 is 2.05 bits per heavy atom. The van der Waals surface area contributed by atoms with Gasteiger partial charge in [-0.1, -0.05) is 34.6 Å². The van der Waals surface area contributed by atoms with E-state index in [1.165, 1.54) is 23.9 Å². The average molecular weight is 368 g/mol. The van der Waals surface area contributed by atoms with Crippen molar-refractivity contribution in [1.82, 2.24) is 4.98 Å². The molecule has 0 atom stereocenters. The standard InChI is InChI=1S/C14H14BrN3O2S/c1-2-7-16-13-8-11(18(19)20)9-14(17-13)21-12-5-3-10(15)4-6-12/h3-6,8-9H,2,7H2,1H3,(H,16,17). The summed E-state index contributed by atoms with van der Waals surface area (Å²) in [7, 11) is 0. The topological polar surface area (TPSA) is 68.1 Å². The molecule has 7 heteroatoms. The lowest BCUT2D eigenvalue weighted by atomic mass is 10.4. The molecular formula is C14H14BrN3O2S. The van der Waals surface area contributed by atoms with Crippen molar-refractivity contribution in [2.45, 2.75) is 23.3 Å². The Hall–Kier alpha value is -1.60. The molecule has 0 aliphatic carbocycles. The minimum atomic E-state index is -0.398. The molecular weight excluding hydrogens is 354 g/mol. The van der Waals surface area contributed by atoms with Crippen LogP contribution in [0.25, 0.3) is 0 Å². The van der Waals surface area contributed by atoms with Gasteiger partial charge in [-0.05, 0) is 30.7 Å². The van der Waals surface area contributed by atoms with Crippen molar-refractivity contribution in [3.05, 3.63) is 51.0 Å². The summed E-state index contributed by atoms with van der Waals surface area (Å²) >= 11 is 4.78. The van der Waals surface area contributed by atoms with Gasteiger partial charge in [-0.3, -0.25) is 10.1 Å². The normalized spacial score (nSPS) is 10.4. The number of hydrogen-bond donors (Lipinski definition) is 1. The Balaban J connectivity index is 2.26. The molecule has 1 N–H and O–H groups in total. The molecule has 0 spiro atoms. The smallest absolute Gasteiger partial charge is 0.275 e. The number of halogens is 1. The number of nitro groups is 1. The van der Waals surface area contributed by atoms with Crippen molar-refractivity contribution in [1.29, 1.82) is 0 Å². The summed E-state index contributed by atoms with van der Waals surface area (Å²) in [4.78, 5) is 16.0. The van der Waals surface area contributed by atoms with Crippen LogP contribution in [0.15, 0.2) is 50.8 Å². The Morgan fingerprint density at radius 3 is 2.67 bits per heavy atom. The highest BCUT2D eigenvalue weighted by Gasteiger charge is 2.12. The molecule has 0 radical (unpaired) electrons. The van der Waals surface area contributed by atoms with Gasteiger partial charge in [-0.25, -0.2) is 4.98 Å². The van der Waals surface area contributed by atoms with Crippen LogP contribution >= 0.6 is 27.7 Å². The monoisotopic (exact) mass is 367 g/mol. The first kappa shape index (κ1) is 15.8. The molecule has 0 aliphatic heterocycles. The molecule has 0 fully saturated rings. The van der Waals surface area contributed by atoms with Crippen molar-refractivity contribution in [2.24, 2.45) is 0 Å². The minimum Gasteiger partial charge on any atom is -0.370 e. The van der Waals surface area contributed by atoms with Gasteiger partial charge in [0.1, 0.15) is 10.8 Å². The molecule has 1 heterocycles. The molecule has 0 amide bonds. The summed E-state index contributed by atoms with van der Waals surface area (Å²) in [5, 5.41) is 14.7. The van der Waals surface area contributed by atoms with Gasteiger partial charge in [0.2, 0.25) is 0 Å². The largest absolute Gasteiger partial charge is 0.370 e. The van der Waals surface area contributed by atoms with Crippen molar-refractivity contribution in [2.75, 3.05) is 11.9 Å². The van der Waals surface area contributed by atoms with Gasteiger partial charge in [-0.2, -0.15) is 0 Å². The van der Waals surface area contributed by atoms with Gasteiger partial charge in [0.25, 0.3) is 5.69 Å². The maximum absolute atomic E-state index is 11.0. The summed E-state index contributed by atoms with van der Waals surface area (Å²) in [6, 6.07) is 10.7. The lowest BCUT2D eigenvalue weighted by molar-refractivity contribution is -0.385. The van der Waals surface area contributed by atoms with E-state index in [1.807, 2.05) is 31.2 Å². The van der Waals surface area contributed by atoms with E-state index in [4.69, 9.17) is 0 Å². The van der Waals surface area contributed by atoms with Crippen LogP contribution in [0.3, 0.4) is 0 Å². The van der Waals surface area contributed by atoms with E-state index in [-0.39, 0.29) is 5.69 Å². The van der Waals surface area contributed by atoms with Crippen molar-refractivity contribution in [3.63, 3.8) is 0 Å². The predicted molar refractivity (Wildman–Crippen MR) is 87.9 cm³/mol. The molecule has 1 aromatic carbocycles. The van der Waals surface area contributed by atoms with Crippen LogP contribution in [-0.4, -0.2) is 16.5 Å². The van der Waals surface area contributed by atoms with Crippen LogP contribution in [0.1, 0.15) is 13.3 Å². The van der Waals surface area contributed by atoms with Gasteiger partial charge in [0, 0.05) is 22.0 Å². The highest BCUT2D eigenvalue weighted by atomic mass is 79.9. The molecule has 2 rings (SSSR count). The highest BCUT2D eigenvalue weighted by molar-refractivity contribution is 9.10. The molecule has 0 bridgehead atoms. The molecule has 2 aromatic rings. The average Bonchev–Trinajstić information content (AvgIpc) is 2.47. The van der Waals surface area contributed by atoms with E-state index in [9.17, 15) is 10.1 Å². The Kier molecular flexibility index (Phi) is 5.58. The van der Waals surface area contributed by atoms with E-state index in [2.05, 4.69) is 26.2 Å². The quantitative estimate of drug-likeness (QED) is 0.590. The molecule has 0 aliphatic rings. The first-order chi connectivity index (χ1) is 10.1. The number of aromatic nitrogens is 1. The van der Waals surface area contributed by atoms with E-state index in [1.54, 1.807) is 0 Å². The van der Waals surface area contributed by atoms with Crippen molar-refractivity contribution in [3.8, 4) is 0 Å². The first-order valence-electron chi connectivity index (χ1n) is 6.42. The highest BCUT2D eigenvalue weighted by Crippen LogP contribution is 2.31. The molecule has 21 heavy (non-hydrogen) atoms. The summed E-state index contributed by atoms with van der Waals surface area (Å²) in [5.41, 5.74) is 0.0446. The number of benzene rings is 1. The van der Waals surface area contributed by atoms with E-state index in [0.29, 0.717) is 10.8 Å². The van der Waals surface area contributed by atoms with Crippen LogP contribution in [-0.2, 0) is 0 Å². The second-order valence-corrected chi connectivity index (χ2v) is 6.30. The third-order valence-corrected chi connectivity index (χ3v) is 4.04. The fourth-order valence-corrected chi connectivity index (χ4v) is 2.72. The number of nitrogens with zero attached hydrogens (tertiary/aromatic N) is 2. The summed E-state index contributed by atoms with van der Waals surface area (Å²) in [6.07, 6.45) is 0.930. The molecule has 0 saturated carbocycles. The minimum absolute atomic E-state index is 0.0446. The zero-order valence-corrected chi connectivity index (χ0v) is 13.8. The van der Waals surface area contributed by atoms with Crippen LogP contribution in [0, 0.1) is 10.1 Å². The Bertz CT molecular complexity index is 635. The number of hydrogen-bond acceptors (Lipinski definition) is 5. The molecule has 0 saturated heterocycles. The predicted octanol–water partition coefficient (Wildman–Crippen LogP) is 4.73. The van der Waals surface area contributed by atoms with Gasteiger partial charge in [0.15, 0.2) is 0 Å². The summed E-state index contributed by atoms with van der Waals surface area (Å²) in [5.74, 6) is 0.533. The molecule has 5 nitrogen and oxygen atoms in total. The maximum Gasteiger partial charge on any atom is 0.275 e. The van der Waals surface area contributed by atoms with Crippen LogP contribution in [0.4, 0.5) is 11.5 Å². The second kappa shape index (κ2) is 7.42. The van der Waals surface area contributed by atoms with E-state index in [0.717, 1.165) is 22.3 Å². The second-order valence-electron chi connectivity index (χ2n) is 4.29. The lowest BCUT2D eigenvalue weighted by Gasteiger charge is -2.07. The Morgan fingerprint density at radius 1 is 1.33 bits per heavy atom. The maximum atomic E-state index is 11.0. The third kappa shape index (κ3) is 4.71. The fraction of sp³-hybridized carbons (Fsp3) is 0.214. The van der Waals surface area contributed by atoms with Crippen LogP contribution in [0.5, 0.6) is 0 Å². The number of nitrogens with one attached hydrogen (secondary N) is 1. The fourth-order valence-electron chi connectivity index (χ4n) is 1.62. The summed E-state index contributed by atoms with van der Waals surface area (Å²) < 4.78 is 0.990. The number of anilines is 1. The lowest BCUT2D eigenvalue weighted by Crippen LogP contribution is -2.03. The Labute approximate surface area is 135 Å². The van der Waals surface area contributed by atoms with E-state index >= 15 is 0 Å². The molecule has 110 valence electrons. The van der Waals surface area contributed by atoms with E-state index < -0.39 is 4.92 Å². The van der Waals surface area contributed by atoms with Crippen molar-refractivity contribution >= 4 is 39.2 Å². The first-order valence-corrected chi connectivity index (χ1v) is 8.03. The van der Waals surface area contributed by atoms with Crippen molar-refractivity contribution < 1.29 is 4.92 Å². The van der Waals surface area contributed by atoms with Gasteiger partial charge >= 0.3 is 0 Å². The zero-order chi connectivity index (χ0) is 15.2. The van der Waals surface area contributed by atoms with Gasteiger partial charge in [-0.15, -0.1) is 0 Å². The van der Waals surface area contributed by atoms with Gasteiger partial charge in [0.05, 0.1) is 11.0 Å². The molecule has 0 unspecified atom stereocenters. The third-order valence-electron chi connectivity index (χ3n) is 2.59. The van der Waals surface area contributed by atoms with Crippen LogP contribution < -0.4 is 5.32 Å². The number of rotatable bonds is 6. The van der Waals surface area contributed by atoms with Crippen LogP contribution in [0.2, 0.25) is 0 Å². The van der Waals surface area contributed by atoms with Gasteiger partial charge < -0.3 is 5.32 Å². The molecule has 1 aromatic heterocycles.